The lowest BCUT2D eigenvalue weighted by Crippen LogP contribution is -2.43. The molecule has 1 aromatic rings. The van der Waals surface area contributed by atoms with Crippen molar-refractivity contribution in [3.05, 3.63) is 35.7 Å². The highest BCUT2D eigenvalue weighted by molar-refractivity contribution is 7.88. The zero-order chi connectivity index (χ0) is 25.5. The maximum Gasteiger partial charge on any atom is 0.433 e. The van der Waals surface area contributed by atoms with Crippen LogP contribution in [0.3, 0.4) is 0 Å². The second-order valence-electron chi connectivity index (χ2n) is 8.36. The van der Waals surface area contributed by atoms with Gasteiger partial charge in [-0.3, -0.25) is 4.79 Å². The lowest BCUT2D eigenvalue weighted by Gasteiger charge is -2.34. The van der Waals surface area contributed by atoms with Crippen molar-refractivity contribution in [2.24, 2.45) is 16.2 Å². The van der Waals surface area contributed by atoms with E-state index in [2.05, 4.69) is 14.7 Å². The average Bonchev–Trinajstić information content (AvgIpc) is 2.71. The Morgan fingerprint density at radius 1 is 1.09 bits per heavy atom. The van der Waals surface area contributed by atoms with Gasteiger partial charge in [-0.15, -0.1) is 4.40 Å². The first-order valence-corrected chi connectivity index (χ1v) is 11.8. The van der Waals surface area contributed by atoms with Crippen molar-refractivity contribution in [3.8, 4) is 0 Å². The number of nitrogens with one attached hydrogen (secondary N) is 1. The molecule has 1 aromatic heterocycles. The Bertz CT molecular complexity index is 1100. The molecule has 1 aliphatic heterocycles. The van der Waals surface area contributed by atoms with Gasteiger partial charge in [0, 0.05) is 12.0 Å². The van der Waals surface area contributed by atoms with E-state index in [0.29, 0.717) is 10.4 Å². The highest BCUT2D eigenvalue weighted by Gasteiger charge is 2.43. The van der Waals surface area contributed by atoms with Crippen molar-refractivity contribution < 1.29 is 39.6 Å². The molecule has 0 radical (unpaired) electrons. The Kier molecular flexibility index (Phi) is 7.02. The molecule has 3 rings (SSSR count). The molecule has 0 spiro atoms. The van der Waals surface area contributed by atoms with Crippen LogP contribution >= 0.6 is 0 Å². The third-order valence-corrected chi connectivity index (χ3v) is 7.14. The summed E-state index contributed by atoms with van der Waals surface area (Å²) in [5.41, 5.74) is -1.71. The van der Waals surface area contributed by atoms with E-state index in [4.69, 9.17) is 0 Å². The molecule has 1 saturated carbocycles. The van der Waals surface area contributed by atoms with Crippen LogP contribution in [0.2, 0.25) is 0 Å². The Hall–Kier alpha value is -2.64. The number of hydrogen-bond acceptors (Lipinski definition) is 4. The number of alkyl halides is 6. The fourth-order valence-electron chi connectivity index (χ4n) is 3.99. The van der Waals surface area contributed by atoms with Crippen LogP contribution in [0, 0.1) is 11.8 Å². The summed E-state index contributed by atoms with van der Waals surface area (Å²) in [4.78, 5) is 16.3. The first-order valence-electron chi connectivity index (χ1n) is 10.4. The summed E-state index contributed by atoms with van der Waals surface area (Å²) in [5, 5.41) is 2.17. The van der Waals surface area contributed by atoms with Crippen LogP contribution in [-0.2, 0) is 21.2 Å². The topological polar surface area (TPSA) is 91.7 Å². The van der Waals surface area contributed by atoms with Gasteiger partial charge >= 0.3 is 22.6 Å². The normalized spacial score (nSPS) is 23.4. The summed E-state index contributed by atoms with van der Waals surface area (Å²) in [6.07, 6.45) is -8.29. The van der Waals surface area contributed by atoms with Gasteiger partial charge < -0.3 is 5.32 Å². The van der Waals surface area contributed by atoms with Crippen LogP contribution in [-0.4, -0.2) is 41.5 Å². The summed E-state index contributed by atoms with van der Waals surface area (Å²) in [7, 11) is -4.41. The van der Waals surface area contributed by atoms with Gasteiger partial charge in [-0.1, -0.05) is 6.07 Å². The summed E-state index contributed by atoms with van der Waals surface area (Å²) in [6, 6.07) is 2.08. The molecular formula is C20H22F6N4O3S. The standard InChI is InChI=1S/C20H22F6N4O3S/c1-11(2)30-15(18(31)28-17-5-3-4-16(27-17)20(24,25)26)10-14(29-34(30,32)33)12-6-8-13(9-7-12)19(21,22)23/h3-5,10-13H,6-9H2,1-2H3,(H,27,28,31). The number of hydrogen-bond donors (Lipinski definition) is 1. The van der Waals surface area contributed by atoms with E-state index in [0.717, 1.165) is 12.1 Å². The Labute approximate surface area is 192 Å². The second kappa shape index (κ2) is 9.19. The van der Waals surface area contributed by atoms with Crippen molar-refractivity contribution in [1.82, 2.24) is 9.29 Å². The van der Waals surface area contributed by atoms with E-state index in [1.807, 2.05) is 0 Å². The predicted molar refractivity (Wildman–Crippen MR) is 111 cm³/mol. The lowest BCUT2D eigenvalue weighted by molar-refractivity contribution is -0.182. The molecule has 0 bridgehead atoms. The van der Waals surface area contributed by atoms with Crippen LogP contribution in [0.15, 0.2) is 34.4 Å². The highest BCUT2D eigenvalue weighted by atomic mass is 32.2. The van der Waals surface area contributed by atoms with Crippen LogP contribution < -0.4 is 5.32 Å². The van der Waals surface area contributed by atoms with Gasteiger partial charge in [0.1, 0.15) is 17.2 Å². The van der Waals surface area contributed by atoms with Gasteiger partial charge in [-0.2, -0.15) is 34.8 Å². The molecule has 2 aliphatic rings. The van der Waals surface area contributed by atoms with Crippen LogP contribution in [0.1, 0.15) is 45.2 Å². The number of halogens is 6. The Balaban J connectivity index is 1.90. The zero-order valence-corrected chi connectivity index (χ0v) is 18.9. The smallest absolute Gasteiger partial charge is 0.305 e. The molecule has 0 saturated heterocycles. The van der Waals surface area contributed by atoms with Crippen molar-refractivity contribution in [2.45, 2.75) is 57.9 Å². The molecule has 0 unspecified atom stereocenters. The fourth-order valence-corrected chi connectivity index (χ4v) is 5.47. The molecule has 2 heterocycles. The summed E-state index contributed by atoms with van der Waals surface area (Å²) in [5.74, 6) is -3.59. The van der Waals surface area contributed by atoms with E-state index in [-0.39, 0.29) is 31.4 Å². The van der Waals surface area contributed by atoms with Crippen molar-refractivity contribution in [3.63, 3.8) is 0 Å². The fraction of sp³-hybridized carbons (Fsp3) is 0.550. The van der Waals surface area contributed by atoms with Crippen molar-refractivity contribution in [1.29, 1.82) is 0 Å². The van der Waals surface area contributed by atoms with Crippen LogP contribution in [0.4, 0.5) is 32.2 Å². The zero-order valence-electron chi connectivity index (χ0n) is 18.1. The number of carbonyl (C=O) groups is 1. The first-order chi connectivity index (χ1) is 15.6. The van der Waals surface area contributed by atoms with Gasteiger partial charge in [0.05, 0.1) is 11.6 Å². The van der Waals surface area contributed by atoms with Crippen LogP contribution in [0.5, 0.6) is 0 Å². The predicted octanol–water partition coefficient (Wildman–Crippen LogP) is 4.70. The minimum absolute atomic E-state index is 0.0286. The quantitative estimate of drug-likeness (QED) is 0.592. The number of rotatable bonds is 4. The number of aromatic nitrogens is 1. The number of allylic oxidation sites excluding steroid dienone is 1. The van der Waals surface area contributed by atoms with E-state index in [1.165, 1.54) is 19.9 Å². The second-order valence-corrected chi connectivity index (χ2v) is 9.83. The van der Waals surface area contributed by atoms with Gasteiger partial charge in [-0.05, 0) is 57.7 Å². The molecule has 1 amide bonds. The highest BCUT2D eigenvalue weighted by Crippen LogP contribution is 2.41. The van der Waals surface area contributed by atoms with Crippen molar-refractivity contribution in [2.75, 3.05) is 5.32 Å². The SMILES string of the molecule is CC(C)N1C(C(=O)Nc2cccc(C(F)(F)F)n2)=CC(C2CCC(C(F)(F)F)CC2)=NS1(=O)=O. The minimum Gasteiger partial charge on any atom is -0.305 e. The van der Waals surface area contributed by atoms with Gasteiger partial charge in [0.15, 0.2) is 0 Å². The van der Waals surface area contributed by atoms with E-state index in [9.17, 15) is 39.6 Å². The Morgan fingerprint density at radius 3 is 2.24 bits per heavy atom. The number of amides is 1. The molecule has 1 fully saturated rings. The first kappa shape index (κ1) is 26.0. The third kappa shape index (κ3) is 5.70. The van der Waals surface area contributed by atoms with Gasteiger partial charge in [0.25, 0.3) is 5.91 Å². The third-order valence-electron chi connectivity index (χ3n) is 5.58. The van der Waals surface area contributed by atoms with Gasteiger partial charge in [-0.25, -0.2) is 9.29 Å². The number of nitrogens with zero attached hydrogens (tertiary/aromatic N) is 3. The van der Waals surface area contributed by atoms with E-state index in [1.54, 1.807) is 0 Å². The van der Waals surface area contributed by atoms with Gasteiger partial charge in [0.2, 0.25) is 0 Å². The minimum atomic E-state index is -4.76. The van der Waals surface area contributed by atoms with E-state index < -0.39 is 63.6 Å². The summed E-state index contributed by atoms with van der Waals surface area (Å²) in [6.45, 7) is 2.94. The summed E-state index contributed by atoms with van der Waals surface area (Å²) < 4.78 is 108. The molecule has 1 N–H and O–H groups in total. The number of pyridine rings is 1. The molecule has 14 heteroatoms. The molecule has 188 valence electrons. The maximum atomic E-state index is 13.0. The van der Waals surface area contributed by atoms with Crippen LogP contribution in [0.25, 0.3) is 0 Å². The summed E-state index contributed by atoms with van der Waals surface area (Å²) >= 11 is 0. The monoisotopic (exact) mass is 512 g/mol. The lowest BCUT2D eigenvalue weighted by atomic mass is 9.79. The average molecular weight is 512 g/mol. The molecular weight excluding hydrogens is 490 g/mol. The van der Waals surface area contributed by atoms with Crippen molar-refractivity contribution >= 4 is 27.6 Å². The maximum absolute atomic E-state index is 13.0. The Morgan fingerprint density at radius 2 is 1.71 bits per heavy atom. The molecule has 0 atom stereocenters. The molecule has 0 aromatic carbocycles. The molecule has 34 heavy (non-hydrogen) atoms. The largest absolute Gasteiger partial charge is 0.433 e. The number of anilines is 1. The molecule has 1 aliphatic carbocycles. The van der Waals surface area contributed by atoms with E-state index >= 15 is 0 Å². The molecule has 7 nitrogen and oxygen atoms in total. The number of carbonyl (C=O) groups excluding carboxylic acids is 1.